The quantitative estimate of drug-likeness (QED) is 0.536. The predicted molar refractivity (Wildman–Crippen MR) is 104 cm³/mol. The fourth-order valence-electron chi connectivity index (χ4n) is 3.69. The standard InChI is InChI=1S/C21H19N5O2/c1-13-20-23-19(15-6-4-3-5-7-15)24-26(20)11-10-25(13)21(27)16-8-9-17-18(12-16)28-14(2)22-17/h3-9,12-13H,10-11H2,1-2H3/t13-/m0/s1. The first-order valence-electron chi connectivity index (χ1n) is 9.28. The average Bonchev–Trinajstić information content (AvgIpc) is 3.31. The van der Waals surface area contributed by atoms with E-state index in [-0.39, 0.29) is 11.9 Å². The fourth-order valence-corrected chi connectivity index (χ4v) is 3.69. The molecule has 1 amide bonds. The van der Waals surface area contributed by atoms with E-state index in [0.29, 0.717) is 36.0 Å². The van der Waals surface area contributed by atoms with Gasteiger partial charge in [0, 0.05) is 24.6 Å². The van der Waals surface area contributed by atoms with Crippen molar-refractivity contribution in [1.29, 1.82) is 0 Å². The lowest BCUT2D eigenvalue weighted by Gasteiger charge is -2.32. The topological polar surface area (TPSA) is 77.1 Å². The van der Waals surface area contributed by atoms with Crippen LogP contribution in [0.25, 0.3) is 22.5 Å². The van der Waals surface area contributed by atoms with Gasteiger partial charge in [-0.05, 0) is 25.1 Å². The van der Waals surface area contributed by atoms with Crippen molar-refractivity contribution < 1.29 is 9.21 Å². The van der Waals surface area contributed by atoms with Crippen molar-refractivity contribution in [3.8, 4) is 11.4 Å². The number of benzene rings is 2. The maximum atomic E-state index is 13.2. The Morgan fingerprint density at radius 2 is 1.93 bits per heavy atom. The molecule has 0 radical (unpaired) electrons. The van der Waals surface area contributed by atoms with Crippen molar-refractivity contribution in [3.63, 3.8) is 0 Å². The van der Waals surface area contributed by atoms with E-state index in [4.69, 9.17) is 9.40 Å². The second kappa shape index (κ2) is 6.30. The Morgan fingerprint density at radius 3 is 2.75 bits per heavy atom. The van der Waals surface area contributed by atoms with E-state index < -0.39 is 0 Å². The van der Waals surface area contributed by atoms with Gasteiger partial charge in [-0.25, -0.2) is 14.6 Å². The third-order valence-electron chi connectivity index (χ3n) is 5.13. The first kappa shape index (κ1) is 16.7. The third kappa shape index (κ3) is 2.67. The maximum absolute atomic E-state index is 13.2. The number of carbonyl (C=O) groups excluding carboxylic acids is 1. The lowest BCUT2D eigenvalue weighted by Crippen LogP contribution is -2.41. The summed E-state index contributed by atoms with van der Waals surface area (Å²) in [6.45, 7) is 4.99. The Hall–Kier alpha value is -3.48. The van der Waals surface area contributed by atoms with Gasteiger partial charge >= 0.3 is 0 Å². The molecule has 0 spiro atoms. The molecule has 0 saturated heterocycles. The Morgan fingerprint density at radius 1 is 1.11 bits per heavy atom. The number of nitrogens with zero attached hydrogens (tertiary/aromatic N) is 5. The lowest BCUT2D eigenvalue weighted by molar-refractivity contribution is 0.0631. The molecule has 7 nitrogen and oxygen atoms in total. The monoisotopic (exact) mass is 373 g/mol. The highest BCUT2D eigenvalue weighted by atomic mass is 16.3. The van der Waals surface area contributed by atoms with Crippen LogP contribution in [0.2, 0.25) is 0 Å². The van der Waals surface area contributed by atoms with E-state index in [0.717, 1.165) is 16.9 Å². The zero-order chi connectivity index (χ0) is 19.3. The van der Waals surface area contributed by atoms with E-state index >= 15 is 0 Å². The Balaban J connectivity index is 1.45. The summed E-state index contributed by atoms with van der Waals surface area (Å²) in [6.07, 6.45) is 0. The van der Waals surface area contributed by atoms with Gasteiger partial charge in [-0.1, -0.05) is 30.3 Å². The smallest absolute Gasteiger partial charge is 0.254 e. The van der Waals surface area contributed by atoms with Crippen LogP contribution < -0.4 is 0 Å². The molecule has 0 bridgehead atoms. The summed E-state index contributed by atoms with van der Waals surface area (Å²) in [7, 11) is 0. The highest BCUT2D eigenvalue weighted by molar-refractivity contribution is 5.97. The number of aromatic nitrogens is 4. The summed E-state index contributed by atoms with van der Waals surface area (Å²) in [5, 5.41) is 4.63. The molecule has 0 unspecified atom stereocenters. The summed E-state index contributed by atoms with van der Waals surface area (Å²) in [6, 6.07) is 15.1. The highest BCUT2D eigenvalue weighted by Crippen LogP contribution is 2.28. The molecule has 1 aliphatic heterocycles. The van der Waals surface area contributed by atoms with Gasteiger partial charge in [0.05, 0.1) is 12.6 Å². The minimum atomic E-state index is -0.168. The number of fused-ring (bicyclic) bond motifs is 2. The molecule has 0 saturated carbocycles. The first-order chi connectivity index (χ1) is 13.6. The van der Waals surface area contributed by atoms with Crippen molar-refractivity contribution in [3.05, 3.63) is 65.8 Å². The van der Waals surface area contributed by atoms with Crippen LogP contribution in [0.5, 0.6) is 0 Å². The van der Waals surface area contributed by atoms with Crippen LogP contribution in [0.3, 0.4) is 0 Å². The van der Waals surface area contributed by atoms with Crippen LogP contribution in [0, 0.1) is 6.92 Å². The molecule has 28 heavy (non-hydrogen) atoms. The molecule has 0 N–H and O–H groups in total. The minimum absolute atomic E-state index is 0.0426. The average molecular weight is 373 g/mol. The van der Waals surface area contributed by atoms with Gasteiger partial charge in [-0.2, -0.15) is 5.10 Å². The van der Waals surface area contributed by atoms with Crippen LogP contribution in [0.1, 0.15) is 35.0 Å². The van der Waals surface area contributed by atoms with Crippen LogP contribution in [-0.4, -0.2) is 37.1 Å². The second-order valence-corrected chi connectivity index (χ2v) is 6.97. The largest absolute Gasteiger partial charge is 0.441 e. The van der Waals surface area contributed by atoms with E-state index in [1.165, 1.54) is 0 Å². The van der Waals surface area contributed by atoms with Crippen molar-refractivity contribution in [2.45, 2.75) is 26.4 Å². The third-order valence-corrected chi connectivity index (χ3v) is 5.13. The van der Waals surface area contributed by atoms with Crippen LogP contribution in [0.4, 0.5) is 0 Å². The Bertz CT molecular complexity index is 1180. The molecule has 4 aromatic rings. The van der Waals surface area contributed by atoms with Crippen molar-refractivity contribution in [2.75, 3.05) is 6.54 Å². The lowest BCUT2D eigenvalue weighted by atomic mass is 10.1. The highest BCUT2D eigenvalue weighted by Gasteiger charge is 2.31. The van der Waals surface area contributed by atoms with Crippen LogP contribution in [-0.2, 0) is 6.54 Å². The molecule has 140 valence electrons. The fraction of sp³-hybridized carbons (Fsp3) is 0.238. The van der Waals surface area contributed by atoms with Crippen LogP contribution in [0.15, 0.2) is 52.9 Å². The molecule has 0 aliphatic carbocycles. The summed E-state index contributed by atoms with van der Waals surface area (Å²) in [4.78, 5) is 24.0. The van der Waals surface area contributed by atoms with Gasteiger partial charge in [0.2, 0.25) is 0 Å². The maximum Gasteiger partial charge on any atom is 0.254 e. The van der Waals surface area contributed by atoms with Crippen LogP contribution >= 0.6 is 0 Å². The summed E-state index contributed by atoms with van der Waals surface area (Å²) < 4.78 is 7.48. The van der Waals surface area contributed by atoms with E-state index in [9.17, 15) is 4.79 Å². The molecule has 3 heterocycles. The molecular weight excluding hydrogens is 354 g/mol. The van der Waals surface area contributed by atoms with Gasteiger partial charge in [0.25, 0.3) is 5.91 Å². The number of rotatable bonds is 2. The number of carbonyl (C=O) groups is 1. The van der Waals surface area contributed by atoms with E-state index in [1.54, 1.807) is 19.1 Å². The van der Waals surface area contributed by atoms with E-state index in [2.05, 4.69) is 10.1 Å². The van der Waals surface area contributed by atoms with Gasteiger partial charge in [0.15, 0.2) is 17.3 Å². The minimum Gasteiger partial charge on any atom is -0.441 e. The number of aryl methyl sites for hydroxylation is 1. The molecular formula is C21H19N5O2. The van der Waals surface area contributed by atoms with Crippen molar-refractivity contribution in [1.82, 2.24) is 24.6 Å². The summed E-state index contributed by atoms with van der Waals surface area (Å²) in [5.41, 5.74) is 2.95. The van der Waals surface area contributed by atoms with Gasteiger partial charge in [0.1, 0.15) is 11.3 Å². The predicted octanol–water partition coefficient (Wildman–Crippen LogP) is 3.61. The molecule has 1 aliphatic rings. The second-order valence-electron chi connectivity index (χ2n) is 6.97. The van der Waals surface area contributed by atoms with E-state index in [1.807, 2.05) is 52.9 Å². The number of oxazole rings is 1. The first-order valence-corrected chi connectivity index (χ1v) is 9.28. The van der Waals surface area contributed by atoms with Gasteiger partial charge in [-0.15, -0.1) is 0 Å². The normalized spacial score (nSPS) is 16.4. The van der Waals surface area contributed by atoms with Crippen molar-refractivity contribution >= 4 is 17.0 Å². The molecule has 1 atom stereocenters. The zero-order valence-electron chi connectivity index (χ0n) is 15.7. The number of amides is 1. The molecule has 5 rings (SSSR count). The SMILES string of the molecule is Cc1nc2ccc(C(=O)N3CCn4nc(-c5ccccc5)nc4[C@@H]3C)cc2o1. The Labute approximate surface area is 161 Å². The summed E-state index contributed by atoms with van der Waals surface area (Å²) >= 11 is 0. The van der Waals surface area contributed by atoms with Gasteiger partial charge in [-0.3, -0.25) is 4.79 Å². The number of hydrogen-bond donors (Lipinski definition) is 0. The summed E-state index contributed by atoms with van der Waals surface area (Å²) in [5.74, 6) is 2.04. The molecule has 0 fully saturated rings. The molecule has 2 aromatic carbocycles. The molecule has 7 heteroatoms. The zero-order valence-corrected chi connectivity index (χ0v) is 15.7. The number of hydrogen-bond acceptors (Lipinski definition) is 5. The van der Waals surface area contributed by atoms with Gasteiger partial charge < -0.3 is 9.32 Å². The molecule has 2 aromatic heterocycles. The Kier molecular flexibility index (Phi) is 3.75. The van der Waals surface area contributed by atoms with Crippen molar-refractivity contribution in [2.24, 2.45) is 0 Å².